The molecule has 0 amide bonds. The second kappa shape index (κ2) is 4.88. The van der Waals surface area contributed by atoms with Gasteiger partial charge in [0.25, 0.3) is 0 Å². The molecule has 0 saturated carbocycles. The number of hydrogen-bond acceptors (Lipinski definition) is 4. The van der Waals surface area contributed by atoms with E-state index < -0.39 is 7.82 Å². The maximum atomic E-state index is 11.3. The highest BCUT2D eigenvalue weighted by Crippen LogP contribution is 2.49. The Hall–Kier alpha value is 0.110. The zero-order chi connectivity index (χ0) is 8.91. The standard InChI is InChI=1S/C6H15O4P/c1-5-9-11(7,8-4)10-6(2)3/h6H,5H2,1-4H3. The third-order valence-corrected chi connectivity index (χ3v) is 2.55. The summed E-state index contributed by atoms with van der Waals surface area (Å²) in [7, 11) is -1.95. The molecule has 0 aromatic rings. The molecule has 68 valence electrons. The van der Waals surface area contributed by atoms with Crippen molar-refractivity contribution < 1.29 is 18.1 Å². The number of phosphoric acid groups is 1. The number of phosphoric ester groups is 1. The summed E-state index contributed by atoms with van der Waals surface area (Å²) in [5.41, 5.74) is 0. The molecule has 1 unspecified atom stereocenters. The second-order valence-corrected chi connectivity index (χ2v) is 3.93. The van der Waals surface area contributed by atoms with Gasteiger partial charge in [-0.3, -0.25) is 13.6 Å². The molecular formula is C6H15O4P. The molecule has 0 aromatic heterocycles. The van der Waals surface area contributed by atoms with Crippen molar-refractivity contribution in [2.75, 3.05) is 13.7 Å². The van der Waals surface area contributed by atoms with Gasteiger partial charge in [0, 0.05) is 7.11 Å². The fourth-order valence-electron chi connectivity index (χ4n) is 0.542. The molecule has 0 aromatic carbocycles. The Morgan fingerprint density at radius 1 is 1.45 bits per heavy atom. The van der Waals surface area contributed by atoms with Crippen LogP contribution in [0.4, 0.5) is 0 Å². The van der Waals surface area contributed by atoms with Crippen molar-refractivity contribution in [2.45, 2.75) is 26.9 Å². The van der Waals surface area contributed by atoms with E-state index in [0.29, 0.717) is 6.61 Å². The molecule has 0 aliphatic heterocycles. The predicted octanol–water partition coefficient (Wildman–Crippen LogP) is 2.20. The Morgan fingerprint density at radius 2 is 2.00 bits per heavy atom. The van der Waals surface area contributed by atoms with Crippen molar-refractivity contribution in [3.63, 3.8) is 0 Å². The second-order valence-electron chi connectivity index (χ2n) is 2.20. The summed E-state index contributed by atoms with van der Waals surface area (Å²) in [5, 5.41) is 0. The van der Waals surface area contributed by atoms with Gasteiger partial charge in [-0.25, -0.2) is 4.57 Å². The van der Waals surface area contributed by atoms with Gasteiger partial charge in [0.2, 0.25) is 0 Å². The summed E-state index contributed by atoms with van der Waals surface area (Å²) in [6.45, 7) is 5.59. The largest absolute Gasteiger partial charge is 0.474 e. The van der Waals surface area contributed by atoms with Gasteiger partial charge < -0.3 is 0 Å². The molecule has 5 heteroatoms. The quantitative estimate of drug-likeness (QED) is 0.611. The molecular weight excluding hydrogens is 167 g/mol. The molecule has 0 fully saturated rings. The molecule has 0 heterocycles. The molecule has 11 heavy (non-hydrogen) atoms. The summed E-state index contributed by atoms with van der Waals surface area (Å²) in [4.78, 5) is 0. The van der Waals surface area contributed by atoms with Crippen molar-refractivity contribution in [3.05, 3.63) is 0 Å². The van der Waals surface area contributed by atoms with Crippen LogP contribution in [0, 0.1) is 0 Å². The summed E-state index contributed by atoms with van der Waals surface area (Å²) in [5.74, 6) is 0. The van der Waals surface area contributed by atoms with Gasteiger partial charge in [-0.1, -0.05) is 0 Å². The van der Waals surface area contributed by atoms with E-state index in [1.807, 2.05) is 0 Å². The smallest absolute Gasteiger partial charge is 0.290 e. The van der Waals surface area contributed by atoms with Gasteiger partial charge >= 0.3 is 7.82 Å². The molecule has 0 aliphatic rings. The average molecular weight is 182 g/mol. The summed E-state index contributed by atoms with van der Waals surface area (Å²) in [6.07, 6.45) is -0.160. The van der Waals surface area contributed by atoms with Crippen LogP contribution in [0.15, 0.2) is 0 Å². The van der Waals surface area contributed by atoms with Crippen molar-refractivity contribution in [3.8, 4) is 0 Å². The first-order valence-electron chi connectivity index (χ1n) is 3.52. The molecule has 0 spiro atoms. The van der Waals surface area contributed by atoms with Crippen LogP contribution in [0.2, 0.25) is 0 Å². The molecule has 0 aliphatic carbocycles. The number of rotatable bonds is 5. The maximum absolute atomic E-state index is 11.3. The van der Waals surface area contributed by atoms with E-state index in [4.69, 9.17) is 9.05 Å². The van der Waals surface area contributed by atoms with E-state index in [1.54, 1.807) is 20.8 Å². The Balaban J connectivity index is 4.00. The Bertz CT molecular complexity index is 146. The molecule has 0 rings (SSSR count). The molecule has 0 N–H and O–H groups in total. The fourth-order valence-corrected chi connectivity index (χ4v) is 1.63. The highest BCUT2D eigenvalue weighted by Gasteiger charge is 2.25. The minimum atomic E-state index is -3.26. The highest BCUT2D eigenvalue weighted by atomic mass is 31.2. The van der Waals surface area contributed by atoms with Crippen LogP contribution < -0.4 is 0 Å². The van der Waals surface area contributed by atoms with Crippen LogP contribution in [0.3, 0.4) is 0 Å². The van der Waals surface area contributed by atoms with E-state index in [0.717, 1.165) is 0 Å². The minimum absolute atomic E-state index is 0.160. The van der Waals surface area contributed by atoms with Crippen LogP contribution in [0.5, 0.6) is 0 Å². The zero-order valence-electron chi connectivity index (χ0n) is 7.36. The van der Waals surface area contributed by atoms with Crippen LogP contribution in [0.1, 0.15) is 20.8 Å². The summed E-state index contributed by atoms with van der Waals surface area (Å²) in [6, 6.07) is 0. The molecule has 0 radical (unpaired) electrons. The zero-order valence-corrected chi connectivity index (χ0v) is 8.26. The van der Waals surface area contributed by atoms with E-state index in [-0.39, 0.29) is 6.10 Å². The van der Waals surface area contributed by atoms with Gasteiger partial charge in [0.15, 0.2) is 0 Å². The lowest BCUT2D eigenvalue weighted by molar-refractivity contribution is 0.109. The summed E-state index contributed by atoms with van der Waals surface area (Å²) >= 11 is 0. The van der Waals surface area contributed by atoms with E-state index in [9.17, 15) is 4.57 Å². The van der Waals surface area contributed by atoms with Crippen molar-refractivity contribution in [2.24, 2.45) is 0 Å². The van der Waals surface area contributed by atoms with Crippen molar-refractivity contribution >= 4 is 7.82 Å². The number of hydrogen-bond donors (Lipinski definition) is 0. The SMILES string of the molecule is CCOP(=O)(OC)OC(C)C. The predicted molar refractivity (Wildman–Crippen MR) is 42.5 cm³/mol. The Morgan fingerprint density at radius 3 is 2.27 bits per heavy atom. The van der Waals surface area contributed by atoms with Crippen LogP contribution >= 0.6 is 7.82 Å². The first-order valence-corrected chi connectivity index (χ1v) is 4.99. The first kappa shape index (κ1) is 11.1. The van der Waals surface area contributed by atoms with E-state index >= 15 is 0 Å². The average Bonchev–Trinajstić information content (AvgIpc) is 1.87. The molecule has 4 nitrogen and oxygen atoms in total. The topological polar surface area (TPSA) is 44.8 Å². The lowest BCUT2D eigenvalue weighted by Crippen LogP contribution is -2.04. The lowest BCUT2D eigenvalue weighted by atomic mass is 10.5. The molecule has 0 saturated heterocycles. The van der Waals surface area contributed by atoms with Gasteiger partial charge in [-0.05, 0) is 20.8 Å². The molecule has 0 bridgehead atoms. The van der Waals surface area contributed by atoms with Crippen molar-refractivity contribution in [1.82, 2.24) is 0 Å². The third-order valence-electron chi connectivity index (χ3n) is 0.851. The van der Waals surface area contributed by atoms with Gasteiger partial charge in [0.05, 0.1) is 12.7 Å². The summed E-state index contributed by atoms with van der Waals surface area (Å²) < 4.78 is 25.7. The van der Waals surface area contributed by atoms with E-state index in [2.05, 4.69) is 4.52 Å². The van der Waals surface area contributed by atoms with Crippen LogP contribution in [0.25, 0.3) is 0 Å². The third kappa shape index (κ3) is 4.53. The maximum Gasteiger partial charge on any atom is 0.474 e. The van der Waals surface area contributed by atoms with E-state index in [1.165, 1.54) is 7.11 Å². The van der Waals surface area contributed by atoms with Crippen LogP contribution in [-0.2, 0) is 18.1 Å². The highest BCUT2D eigenvalue weighted by molar-refractivity contribution is 7.48. The van der Waals surface area contributed by atoms with Gasteiger partial charge in [-0.2, -0.15) is 0 Å². The Labute approximate surface area is 67.5 Å². The monoisotopic (exact) mass is 182 g/mol. The normalized spacial score (nSPS) is 16.8. The molecule has 1 atom stereocenters. The first-order chi connectivity index (χ1) is 5.04. The van der Waals surface area contributed by atoms with Gasteiger partial charge in [0.1, 0.15) is 0 Å². The Kier molecular flexibility index (Phi) is 4.93. The minimum Gasteiger partial charge on any atom is -0.290 e. The van der Waals surface area contributed by atoms with Crippen molar-refractivity contribution in [1.29, 1.82) is 0 Å². The lowest BCUT2D eigenvalue weighted by Gasteiger charge is -2.16. The van der Waals surface area contributed by atoms with Crippen LogP contribution in [-0.4, -0.2) is 19.8 Å². The fraction of sp³-hybridized carbons (Fsp3) is 1.00. The van der Waals surface area contributed by atoms with Gasteiger partial charge in [-0.15, -0.1) is 0 Å².